The lowest BCUT2D eigenvalue weighted by Crippen LogP contribution is -2.30. The maximum Gasteiger partial charge on any atom is 0.286 e. The Hall–Kier alpha value is -3.46. The van der Waals surface area contributed by atoms with Crippen LogP contribution in [0.2, 0.25) is 0 Å². The standard InChI is InChI=1S/C23H24N4O4S/c1-14-6-8-16(9-7-14)24-20(28)22-26-25-21(32-22)19-5-4-10-27(19)23(29)15-11-17(30-2)13-18(12-15)31-3/h6-9,11-13,19H,4-5,10H2,1-3H3,(H,24,28)/t19-/m1/s1. The van der Waals surface area contributed by atoms with Crippen LogP contribution in [0, 0.1) is 6.92 Å². The van der Waals surface area contributed by atoms with Gasteiger partial charge >= 0.3 is 0 Å². The first-order valence-electron chi connectivity index (χ1n) is 10.2. The van der Waals surface area contributed by atoms with Crippen LogP contribution in [0.15, 0.2) is 42.5 Å². The van der Waals surface area contributed by atoms with E-state index in [2.05, 4.69) is 15.5 Å². The van der Waals surface area contributed by atoms with Gasteiger partial charge in [0.05, 0.1) is 20.3 Å². The summed E-state index contributed by atoms with van der Waals surface area (Å²) in [7, 11) is 3.10. The predicted molar refractivity (Wildman–Crippen MR) is 122 cm³/mol. The van der Waals surface area contributed by atoms with Crippen molar-refractivity contribution in [3.63, 3.8) is 0 Å². The van der Waals surface area contributed by atoms with E-state index in [-0.39, 0.29) is 22.9 Å². The number of anilines is 1. The number of rotatable bonds is 6. The summed E-state index contributed by atoms with van der Waals surface area (Å²) in [5.41, 5.74) is 2.29. The zero-order chi connectivity index (χ0) is 22.7. The van der Waals surface area contributed by atoms with Gasteiger partial charge in [-0.15, -0.1) is 10.2 Å². The highest BCUT2D eigenvalue weighted by molar-refractivity contribution is 7.13. The van der Waals surface area contributed by atoms with E-state index in [9.17, 15) is 9.59 Å². The molecule has 0 bridgehead atoms. The monoisotopic (exact) mass is 452 g/mol. The van der Waals surface area contributed by atoms with Crippen LogP contribution in [-0.2, 0) is 0 Å². The van der Waals surface area contributed by atoms with E-state index in [0.29, 0.717) is 34.3 Å². The highest BCUT2D eigenvalue weighted by Crippen LogP contribution is 2.35. The second-order valence-corrected chi connectivity index (χ2v) is 8.53. The van der Waals surface area contributed by atoms with Gasteiger partial charge < -0.3 is 19.7 Å². The number of benzene rings is 2. The molecule has 1 N–H and O–H groups in total. The summed E-state index contributed by atoms with van der Waals surface area (Å²) in [5.74, 6) is 0.653. The third-order valence-electron chi connectivity index (χ3n) is 5.34. The lowest BCUT2D eigenvalue weighted by atomic mass is 10.1. The van der Waals surface area contributed by atoms with Gasteiger partial charge in [-0.2, -0.15) is 0 Å². The van der Waals surface area contributed by atoms with E-state index >= 15 is 0 Å². The number of carbonyl (C=O) groups excluding carboxylic acids is 2. The molecule has 0 unspecified atom stereocenters. The van der Waals surface area contributed by atoms with Gasteiger partial charge in [0.25, 0.3) is 11.8 Å². The van der Waals surface area contributed by atoms with Crippen LogP contribution in [-0.4, -0.2) is 47.7 Å². The Balaban J connectivity index is 1.51. The Kier molecular flexibility index (Phi) is 6.36. The smallest absolute Gasteiger partial charge is 0.286 e. The zero-order valence-corrected chi connectivity index (χ0v) is 18.9. The van der Waals surface area contributed by atoms with Gasteiger partial charge in [0.1, 0.15) is 16.5 Å². The van der Waals surface area contributed by atoms with Crippen LogP contribution >= 0.6 is 11.3 Å². The van der Waals surface area contributed by atoms with E-state index < -0.39 is 0 Å². The quantitative estimate of drug-likeness (QED) is 0.605. The molecule has 2 heterocycles. The average molecular weight is 453 g/mol. The van der Waals surface area contributed by atoms with E-state index in [1.165, 1.54) is 11.3 Å². The highest BCUT2D eigenvalue weighted by atomic mass is 32.1. The molecule has 4 rings (SSSR count). The third-order valence-corrected chi connectivity index (χ3v) is 6.36. The van der Waals surface area contributed by atoms with Crippen molar-refractivity contribution in [1.29, 1.82) is 0 Å². The van der Waals surface area contributed by atoms with Crippen LogP contribution in [0.4, 0.5) is 5.69 Å². The Bertz CT molecular complexity index is 1110. The van der Waals surface area contributed by atoms with Crippen molar-refractivity contribution in [1.82, 2.24) is 15.1 Å². The molecule has 1 saturated heterocycles. The van der Waals surface area contributed by atoms with Crippen LogP contribution in [0.5, 0.6) is 11.5 Å². The van der Waals surface area contributed by atoms with Crippen molar-refractivity contribution in [3.8, 4) is 11.5 Å². The van der Waals surface area contributed by atoms with E-state index in [0.717, 1.165) is 18.4 Å². The summed E-state index contributed by atoms with van der Waals surface area (Å²) in [6.45, 7) is 2.59. The molecule has 2 amide bonds. The van der Waals surface area contributed by atoms with Crippen LogP contribution in [0.25, 0.3) is 0 Å². The minimum absolute atomic E-state index is 0.134. The fraction of sp³-hybridized carbons (Fsp3) is 0.304. The Morgan fingerprint density at radius 3 is 2.41 bits per heavy atom. The molecule has 0 radical (unpaired) electrons. The minimum atomic E-state index is -0.314. The van der Waals surface area contributed by atoms with Gasteiger partial charge in [-0.1, -0.05) is 29.0 Å². The van der Waals surface area contributed by atoms with Crippen molar-refractivity contribution in [2.24, 2.45) is 0 Å². The molecule has 1 fully saturated rings. The lowest BCUT2D eigenvalue weighted by Gasteiger charge is -2.23. The van der Waals surface area contributed by atoms with Crippen molar-refractivity contribution in [3.05, 3.63) is 63.6 Å². The van der Waals surface area contributed by atoms with Gasteiger partial charge in [-0.05, 0) is 44.0 Å². The molecular weight excluding hydrogens is 428 g/mol. The summed E-state index contributed by atoms with van der Waals surface area (Å²) >= 11 is 1.21. The van der Waals surface area contributed by atoms with Crippen LogP contribution in [0.3, 0.4) is 0 Å². The van der Waals surface area contributed by atoms with Gasteiger partial charge in [0.2, 0.25) is 5.01 Å². The molecule has 166 valence electrons. The Morgan fingerprint density at radius 1 is 1.06 bits per heavy atom. The van der Waals surface area contributed by atoms with Crippen LogP contribution in [0.1, 0.15) is 49.6 Å². The van der Waals surface area contributed by atoms with Crippen molar-refractivity contribution in [2.75, 3.05) is 26.1 Å². The fourth-order valence-electron chi connectivity index (χ4n) is 3.65. The molecule has 1 atom stereocenters. The summed E-state index contributed by atoms with van der Waals surface area (Å²) < 4.78 is 10.6. The molecule has 32 heavy (non-hydrogen) atoms. The first-order chi connectivity index (χ1) is 15.5. The number of nitrogens with zero attached hydrogens (tertiary/aromatic N) is 3. The summed E-state index contributed by atoms with van der Waals surface area (Å²) in [4.78, 5) is 27.6. The number of hydrogen-bond donors (Lipinski definition) is 1. The SMILES string of the molecule is COc1cc(OC)cc(C(=O)N2CCC[C@@H]2c2nnc(C(=O)Nc3ccc(C)cc3)s2)c1. The van der Waals surface area contributed by atoms with Gasteiger partial charge in [0, 0.05) is 23.9 Å². The second-order valence-electron chi connectivity index (χ2n) is 7.52. The van der Waals surface area contributed by atoms with Crippen molar-refractivity contribution in [2.45, 2.75) is 25.8 Å². The summed E-state index contributed by atoms with van der Waals surface area (Å²) in [5, 5.41) is 12.1. The number of methoxy groups -OCH3 is 2. The molecule has 0 aliphatic carbocycles. The lowest BCUT2D eigenvalue weighted by molar-refractivity contribution is 0.0734. The second kappa shape index (κ2) is 9.35. The molecule has 3 aromatic rings. The van der Waals surface area contributed by atoms with Crippen LogP contribution < -0.4 is 14.8 Å². The van der Waals surface area contributed by atoms with Crippen molar-refractivity contribution < 1.29 is 19.1 Å². The maximum atomic E-state index is 13.3. The van der Waals surface area contributed by atoms with E-state index in [1.807, 2.05) is 31.2 Å². The number of aryl methyl sites for hydroxylation is 1. The topological polar surface area (TPSA) is 93.7 Å². The number of carbonyl (C=O) groups is 2. The largest absolute Gasteiger partial charge is 0.497 e. The van der Waals surface area contributed by atoms with E-state index in [4.69, 9.17) is 9.47 Å². The molecule has 8 nitrogen and oxygen atoms in total. The number of nitrogens with one attached hydrogen (secondary N) is 1. The van der Waals surface area contributed by atoms with E-state index in [1.54, 1.807) is 37.3 Å². The molecule has 9 heteroatoms. The molecular formula is C23H24N4O4S. The number of amides is 2. The summed E-state index contributed by atoms with van der Waals surface area (Å²) in [6, 6.07) is 12.4. The average Bonchev–Trinajstić information content (AvgIpc) is 3.49. The minimum Gasteiger partial charge on any atom is -0.497 e. The zero-order valence-electron chi connectivity index (χ0n) is 18.1. The van der Waals surface area contributed by atoms with Gasteiger partial charge in [-0.25, -0.2) is 0 Å². The first-order valence-corrected chi connectivity index (χ1v) is 11.1. The molecule has 0 saturated carbocycles. The first kappa shape index (κ1) is 21.8. The maximum absolute atomic E-state index is 13.3. The Morgan fingerprint density at radius 2 is 1.75 bits per heavy atom. The summed E-state index contributed by atoms with van der Waals surface area (Å²) in [6.07, 6.45) is 1.61. The Labute approximate surface area is 190 Å². The predicted octanol–water partition coefficient (Wildman–Crippen LogP) is 4.09. The molecule has 1 aliphatic rings. The van der Waals surface area contributed by atoms with Gasteiger partial charge in [0.15, 0.2) is 0 Å². The van der Waals surface area contributed by atoms with Gasteiger partial charge in [-0.3, -0.25) is 9.59 Å². The molecule has 1 aliphatic heterocycles. The number of aromatic nitrogens is 2. The molecule has 2 aromatic carbocycles. The normalized spacial score (nSPS) is 15.5. The highest BCUT2D eigenvalue weighted by Gasteiger charge is 2.34. The number of ether oxygens (including phenoxy) is 2. The van der Waals surface area contributed by atoms with Crippen molar-refractivity contribution >= 4 is 28.8 Å². The number of likely N-dealkylation sites (tertiary alicyclic amines) is 1. The molecule has 1 aromatic heterocycles. The molecule has 0 spiro atoms. The number of hydrogen-bond acceptors (Lipinski definition) is 7. The fourth-order valence-corrected chi connectivity index (χ4v) is 4.53. The third kappa shape index (κ3) is 4.57.